The molecule has 0 aromatic carbocycles. The molecular formula is C21H28N8. The van der Waals surface area contributed by atoms with E-state index in [4.69, 9.17) is 0 Å². The van der Waals surface area contributed by atoms with Crippen molar-refractivity contribution in [2.45, 2.75) is 31.8 Å². The summed E-state index contributed by atoms with van der Waals surface area (Å²) in [7, 11) is 6.19. The summed E-state index contributed by atoms with van der Waals surface area (Å²) in [5.41, 5.74) is 1.94. The van der Waals surface area contributed by atoms with Crippen molar-refractivity contribution in [1.29, 1.82) is 0 Å². The molecule has 8 nitrogen and oxygen atoms in total. The first-order chi connectivity index (χ1) is 14.1. The van der Waals surface area contributed by atoms with Gasteiger partial charge in [0, 0.05) is 43.7 Å². The monoisotopic (exact) mass is 392 g/mol. The van der Waals surface area contributed by atoms with Gasteiger partial charge < -0.3 is 9.47 Å². The minimum Gasteiger partial charge on any atom is -0.317 e. The summed E-state index contributed by atoms with van der Waals surface area (Å²) in [5.74, 6) is 3.29. The maximum atomic E-state index is 4.49. The first-order valence-corrected chi connectivity index (χ1v) is 10.1. The number of pyridine rings is 1. The van der Waals surface area contributed by atoms with E-state index in [0.717, 1.165) is 61.9 Å². The lowest BCUT2D eigenvalue weighted by molar-refractivity contribution is 0.200. The summed E-state index contributed by atoms with van der Waals surface area (Å²) in [4.78, 5) is 17.9. The molecule has 4 rings (SSSR count). The van der Waals surface area contributed by atoms with Crippen molar-refractivity contribution in [3.05, 3.63) is 54.0 Å². The van der Waals surface area contributed by atoms with Crippen LogP contribution in [-0.4, -0.2) is 66.7 Å². The second-order valence-electron chi connectivity index (χ2n) is 7.95. The molecule has 0 N–H and O–H groups in total. The van der Waals surface area contributed by atoms with Crippen LogP contribution in [0.5, 0.6) is 0 Å². The predicted molar refractivity (Wildman–Crippen MR) is 111 cm³/mol. The van der Waals surface area contributed by atoms with Gasteiger partial charge in [0.1, 0.15) is 17.3 Å². The zero-order valence-electron chi connectivity index (χ0n) is 17.4. The second-order valence-corrected chi connectivity index (χ2v) is 7.95. The maximum Gasteiger partial charge on any atom is 0.178 e. The van der Waals surface area contributed by atoms with Gasteiger partial charge in [-0.05, 0) is 52.2 Å². The van der Waals surface area contributed by atoms with E-state index < -0.39 is 0 Å². The zero-order valence-corrected chi connectivity index (χ0v) is 17.4. The van der Waals surface area contributed by atoms with Crippen LogP contribution in [0.3, 0.4) is 0 Å². The van der Waals surface area contributed by atoms with Crippen molar-refractivity contribution in [2.24, 2.45) is 7.05 Å². The average molecular weight is 393 g/mol. The minimum atomic E-state index is 0.474. The van der Waals surface area contributed by atoms with Crippen LogP contribution in [0, 0.1) is 0 Å². The van der Waals surface area contributed by atoms with Crippen LogP contribution in [0.25, 0.3) is 11.5 Å². The molecular weight excluding hydrogens is 364 g/mol. The first-order valence-electron chi connectivity index (χ1n) is 10.1. The third kappa shape index (κ3) is 4.65. The predicted octanol–water partition coefficient (Wildman–Crippen LogP) is 2.11. The second kappa shape index (κ2) is 8.75. The van der Waals surface area contributed by atoms with Gasteiger partial charge in [-0.3, -0.25) is 9.88 Å². The smallest absolute Gasteiger partial charge is 0.178 e. The van der Waals surface area contributed by atoms with E-state index >= 15 is 0 Å². The van der Waals surface area contributed by atoms with Crippen molar-refractivity contribution < 1.29 is 0 Å². The van der Waals surface area contributed by atoms with Gasteiger partial charge >= 0.3 is 0 Å². The van der Waals surface area contributed by atoms with E-state index in [9.17, 15) is 0 Å². The summed E-state index contributed by atoms with van der Waals surface area (Å²) in [6, 6.07) is 5.77. The molecule has 3 aromatic heterocycles. The molecule has 29 heavy (non-hydrogen) atoms. The van der Waals surface area contributed by atoms with Crippen LogP contribution in [-0.2, 0) is 20.1 Å². The molecule has 152 valence electrons. The quantitative estimate of drug-likeness (QED) is 0.636. The standard InChI is InChI=1S/C21H28N8/c1-27(2)15-19-25-26-21(28(19)3)17-7-10-29(11-8-17)14-16-12-23-20(24-13-16)18-6-4-5-9-22-18/h4-6,9,12-13,17H,7-8,10-11,14-15H2,1-3H3. The summed E-state index contributed by atoms with van der Waals surface area (Å²) in [6.45, 7) is 3.78. The van der Waals surface area contributed by atoms with Crippen molar-refractivity contribution in [1.82, 2.24) is 39.5 Å². The maximum absolute atomic E-state index is 4.49. The van der Waals surface area contributed by atoms with Crippen LogP contribution in [0.15, 0.2) is 36.8 Å². The fraction of sp³-hybridized carbons (Fsp3) is 0.476. The Labute approximate surface area is 171 Å². The molecule has 0 aliphatic carbocycles. The van der Waals surface area contributed by atoms with Crippen LogP contribution in [0.2, 0.25) is 0 Å². The fourth-order valence-electron chi connectivity index (χ4n) is 3.82. The van der Waals surface area contributed by atoms with E-state index in [1.807, 2.05) is 30.6 Å². The van der Waals surface area contributed by atoms with E-state index in [1.54, 1.807) is 6.20 Å². The Morgan fingerprint density at radius 3 is 2.45 bits per heavy atom. The highest BCUT2D eigenvalue weighted by atomic mass is 15.3. The Morgan fingerprint density at radius 1 is 1.03 bits per heavy atom. The van der Waals surface area contributed by atoms with Gasteiger partial charge in [-0.1, -0.05) is 6.07 Å². The Bertz CT molecular complexity index is 912. The average Bonchev–Trinajstić information content (AvgIpc) is 3.09. The molecule has 0 amide bonds. The lowest BCUT2D eigenvalue weighted by Crippen LogP contribution is -2.33. The number of rotatable bonds is 6. The zero-order chi connectivity index (χ0) is 20.2. The van der Waals surface area contributed by atoms with Gasteiger partial charge in [0.15, 0.2) is 5.82 Å². The molecule has 0 atom stereocenters. The molecule has 0 saturated carbocycles. The van der Waals surface area contributed by atoms with E-state index in [2.05, 4.69) is 60.7 Å². The van der Waals surface area contributed by atoms with Gasteiger partial charge in [-0.15, -0.1) is 10.2 Å². The van der Waals surface area contributed by atoms with Gasteiger partial charge in [0.25, 0.3) is 0 Å². The fourth-order valence-corrected chi connectivity index (χ4v) is 3.82. The van der Waals surface area contributed by atoms with E-state index in [1.165, 1.54) is 0 Å². The lowest BCUT2D eigenvalue weighted by atomic mass is 9.95. The number of hydrogen-bond donors (Lipinski definition) is 0. The van der Waals surface area contributed by atoms with Crippen LogP contribution >= 0.6 is 0 Å². The van der Waals surface area contributed by atoms with Crippen LogP contribution in [0.1, 0.15) is 36.0 Å². The molecule has 4 heterocycles. The highest BCUT2D eigenvalue weighted by Crippen LogP contribution is 2.27. The third-order valence-corrected chi connectivity index (χ3v) is 5.41. The molecule has 0 bridgehead atoms. The van der Waals surface area contributed by atoms with Gasteiger partial charge in [-0.25, -0.2) is 9.97 Å². The number of nitrogens with zero attached hydrogens (tertiary/aromatic N) is 8. The highest BCUT2D eigenvalue weighted by molar-refractivity contribution is 5.47. The minimum absolute atomic E-state index is 0.474. The molecule has 3 aromatic rings. The topological polar surface area (TPSA) is 75.9 Å². The van der Waals surface area contributed by atoms with Crippen LogP contribution < -0.4 is 0 Å². The van der Waals surface area contributed by atoms with Crippen molar-refractivity contribution in [2.75, 3.05) is 27.2 Å². The highest BCUT2D eigenvalue weighted by Gasteiger charge is 2.25. The molecule has 0 spiro atoms. The van der Waals surface area contributed by atoms with E-state index in [0.29, 0.717) is 11.7 Å². The van der Waals surface area contributed by atoms with Crippen molar-refractivity contribution in [3.8, 4) is 11.5 Å². The lowest BCUT2D eigenvalue weighted by Gasteiger charge is -2.31. The largest absolute Gasteiger partial charge is 0.317 e. The molecule has 1 aliphatic heterocycles. The normalized spacial score (nSPS) is 15.9. The van der Waals surface area contributed by atoms with Crippen molar-refractivity contribution in [3.63, 3.8) is 0 Å². The Balaban J connectivity index is 1.33. The van der Waals surface area contributed by atoms with Gasteiger partial charge in [-0.2, -0.15) is 0 Å². The summed E-state index contributed by atoms with van der Waals surface area (Å²) >= 11 is 0. The summed E-state index contributed by atoms with van der Waals surface area (Å²) in [5, 5.41) is 8.87. The Hall–Kier alpha value is -2.71. The molecule has 1 aliphatic rings. The number of piperidine rings is 1. The summed E-state index contributed by atoms with van der Waals surface area (Å²) in [6.07, 6.45) is 7.79. The number of aromatic nitrogens is 6. The SMILES string of the molecule is CN(C)Cc1nnc(C2CCN(Cc3cnc(-c4ccccn4)nc3)CC2)n1C. The number of hydrogen-bond acceptors (Lipinski definition) is 7. The first kappa shape index (κ1) is 19.6. The van der Waals surface area contributed by atoms with Crippen LogP contribution in [0.4, 0.5) is 0 Å². The number of likely N-dealkylation sites (tertiary alicyclic amines) is 1. The molecule has 0 unspecified atom stereocenters. The van der Waals surface area contributed by atoms with Gasteiger partial charge in [0.05, 0.1) is 6.54 Å². The third-order valence-electron chi connectivity index (χ3n) is 5.41. The summed E-state index contributed by atoms with van der Waals surface area (Å²) < 4.78 is 2.17. The van der Waals surface area contributed by atoms with Crippen molar-refractivity contribution >= 4 is 0 Å². The Kier molecular flexibility index (Phi) is 5.92. The van der Waals surface area contributed by atoms with E-state index in [-0.39, 0.29) is 0 Å². The molecule has 1 fully saturated rings. The molecule has 1 saturated heterocycles. The Morgan fingerprint density at radius 2 is 1.79 bits per heavy atom. The van der Waals surface area contributed by atoms with Gasteiger partial charge in [0.2, 0.25) is 0 Å². The molecule has 8 heteroatoms. The molecule has 0 radical (unpaired) electrons.